The fraction of sp³-hybridized carbons (Fsp3) is 0.842. The number of rotatable bonds is 7. The predicted molar refractivity (Wildman–Crippen MR) is 132 cm³/mol. The van der Waals surface area contributed by atoms with Crippen molar-refractivity contribution in [2.45, 2.75) is 83.7 Å². The number of aliphatic hydroxyl groups is 1. The zero-order chi connectivity index (χ0) is 27.5. The molecule has 0 aliphatic carbocycles. The van der Waals surface area contributed by atoms with Crippen molar-refractivity contribution in [3.05, 3.63) is 0 Å². The SMILES string of the molecule is CC[C@@H](O)CC(=O)OC1C(NC(=O)OCC(Cl)(Cl)Cl)C(OC(=N)C(Cl)(Cl)Cl)OC2COC(C)(C)OC21. The van der Waals surface area contributed by atoms with Crippen molar-refractivity contribution < 1.29 is 43.1 Å². The molecule has 0 aromatic heterocycles. The molecule has 2 fully saturated rings. The normalized spacial score (nSPS) is 28.9. The molecule has 0 spiro atoms. The summed E-state index contributed by atoms with van der Waals surface area (Å²) in [5.41, 5.74) is 0. The summed E-state index contributed by atoms with van der Waals surface area (Å²) in [6.07, 6.45) is -6.84. The van der Waals surface area contributed by atoms with Crippen molar-refractivity contribution in [2.24, 2.45) is 0 Å². The van der Waals surface area contributed by atoms with E-state index < -0.39 is 74.7 Å². The Morgan fingerprint density at radius 1 is 1.19 bits per heavy atom. The maximum absolute atomic E-state index is 12.6. The van der Waals surface area contributed by atoms with E-state index in [0.29, 0.717) is 6.42 Å². The molecule has 0 saturated carbocycles. The second-order valence-corrected chi connectivity index (χ2v) is 13.2. The molecular formula is C19H26Cl6N2O9. The molecule has 2 heterocycles. The predicted octanol–water partition coefficient (Wildman–Crippen LogP) is 3.76. The number of nitrogens with one attached hydrogen (secondary N) is 2. The lowest BCUT2D eigenvalue weighted by Gasteiger charge is -2.50. The standard InChI is InChI=1S/C19H26Cl6N2O9/c1-4-8(28)5-10(29)34-13-11(27-16(30)31-7-18(20,21)22)14(35-15(26)19(23,24)25)33-9-6-32-17(2,3)36-12(9)13/h8-9,11-14,26,28H,4-7H2,1-3H3,(H,27,30)/t8-,9?,11?,12?,13?,14?/m1/s1. The summed E-state index contributed by atoms with van der Waals surface area (Å²) in [7, 11) is 0. The molecule has 5 unspecified atom stereocenters. The number of carbonyl (C=O) groups is 2. The molecule has 2 rings (SSSR count). The molecule has 2 saturated heterocycles. The molecule has 0 bridgehead atoms. The van der Waals surface area contributed by atoms with E-state index in [9.17, 15) is 14.7 Å². The smallest absolute Gasteiger partial charge is 0.407 e. The van der Waals surface area contributed by atoms with E-state index in [1.165, 1.54) is 0 Å². The largest absolute Gasteiger partial charge is 0.457 e. The first kappa shape index (κ1) is 32.0. The summed E-state index contributed by atoms with van der Waals surface area (Å²) in [5, 5.41) is 20.2. The second kappa shape index (κ2) is 12.8. The third-order valence-corrected chi connectivity index (χ3v) is 5.79. The van der Waals surface area contributed by atoms with Gasteiger partial charge in [0.25, 0.3) is 3.79 Å². The summed E-state index contributed by atoms with van der Waals surface area (Å²) < 4.78 is 29.1. The number of hydrogen-bond donors (Lipinski definition) is 3. The van der Waals surface area contributed by atoms with Gasteiger partial charge in [0, 0.05) is 0 Å². The number of hydrogen-bond acceptors (Lipinski definition) is 10. The van der Waals surface area contributed by atoms with E-state index in [4.69, 9.17) is 103 Å². The van der Waals surface area contributed by atoms with Gasteiger partial charge in [0.15, 0.2) is 11.9 Å². The number of alkyl carbamates (subject to hydrolysis) is 1. The number of halogens is 6. The lowest BCUT2D eigenvalue weighted by atomic mass is 9.95. The number of carbonyl (C=O) groups excluding carboxylic acids is 2. The molecule has 0 aromatic rings. The van der Waals surface area contributed by atoms with Crippen molar-refractivity contribution in [3.63, 3.8) is 0 Å². The first-order valence-electron chi connectivity index (χ1n) is 10.6. The maximum atomic E-state index is 12.6. The zero-order valence-corrected chi connectivity index (χ0v) is 23.8. The average molecular weight is 639 g/mol. The molecule has 0 radical (unpaired) electrons. The van der Waals surface area contributed by atoms with Crippen LogP contribution in [0, 0.1) is 5.41 Å². The number of alkyl halides is 6. The summed E-state index contributed by atoms with van der Waals surface area (Å²) in [6.45, 7) is 4.28. The Morgan fingerprint density at radius 2 is 1.83 bits per heavy atom. The first-order valence-corrected chi connectivity index (χ1v) is 12.9. The van der Waals surface area contributed by atoms with Gasteiger partial charge in [-0.15, -0.1) is 0 Å². The quantitative estimate of drug-likeness (QED) is 0.164. The second-order valence-electron chi connectivity index (χ2n) is 8.36. The van der Waals surface area contributed by atoms with Gasteiger partial charge in [-0.05, 0) is 20.3 Å². The highest BCUT2D eigenvalue weighted by atomic mass is 35.6. The summed E-state index contributed by atoms with van der Waals surface area (Å²) in [5.74, 6) is -2.77. The van der Waals surface area contributed by atoms with Gasteiger partial charge in [-0.2, -0.15) is 0 Å². The molecule has 6 atom stereocenters. The van der Waals surface area contributed by atoms with Crippen LogP contribution < -0.4 is 5.32 Å². The van der Waals surface area contributed by atoms with Crippen LogP contribution in [0.4, 0.5) is 4.79 Å². The van der Waals surface area contributed by atoms with Gasteiger partial charge in [-0.1, -0.05) is 76.5 Å². The molecule has 3 N–H and O–H groups in total. The van der Waals surface area contributed by atoms with Gasteiger partial charge < -0.3 is 38.8 Å². The number of amides is 1. The van der Waals surface area contributed by atoms with Crippen molar-refractivity contribution in [1.82, 2.24) is 5.32 Å². The van der Waals surface area contributed by atoms with Crippen molar-refractivity contribution in [1.29, 1.82) is 5.41 Å². The Bertz CT molecular complexity index is 807. The van der Waals surface area contributed by atoms with E-state index in [1.54, 1.807) is 20.8 Å². The van der Waals surface area contributed by atoms with Crippen molar-refractivity contribution >= 4 is 87.6 Å². The average Bonchev–Trinajstić information content (AvgIpc) is 2.73. The van der Waals surface area contributed by atoms with Crippen LogP contribution in [-0.2, 0) is 33.2 Å². The van der Waals surface area contributed by atoms with Crippen LogP contribution in [0.15, 0.2) is 0 Å². The molecule has 1 amide bonds. The Morgan fingerprint density at radius 3 is 2.39 bits per heavy atom. The van der Waals surface area contributed by atoms with Crippen LogP contribution in [0.5, 0.6) is 0 Å². The molecule has 208 valence electrons. The van der Waals surface area contributed by atoms with E-state index in [1.807, 2.05) is 0 Å². The zero-order valence-electron chi connectivity index (χ0n) is 19.3. The maximum Gasteiger partial charge on any atom is 0.407 e. The van der Waals surface area contributed by atoms with Gasteiger partial charge in [-0.25, -0.2) is 4.79 Å². The lowest BCUT2D eigenvalue weighted by Crippen LogP contribution is -2.69. The molecule has 36 heavy (non-hydrogen) atoms. The third-order valence-electron chi connectivity index (χ3n) is 4.95. The molecule has 2 aliphatic rings. The van der Waals surface area contributed by atoms with E-state index in [0.717, 1.165) is 0 Å². The topological polar surface area (TPSA) is 146 Å². The van der Waals surface area contributed by atoms with Crippen LogP contribution in [0.25, 0.3) is 0 Å². The minimum atomic E-state index is -2.28. The highest BCUT2D eigenvalue weighted by molar-refractivity contribution is 6.76. The minimum absolute atomic E-state index is 0.0330. The Hall–Kier alpha value is -0.210. The molecule has 0 aromatic carbocycles. The monoisotopic (exact) mass is 636 g/mol. The minimum Gasteiger partial charge on any atom is -0.457 e. The van der Waals surface area contributed by atoms with Crippen LogP contribution in [0.2, 0.25) is 0 Å². The van der Waals surface area contributed by atoms with Crippen LogP contribution in [0.1, 0.15) is 33.6 Å². The van der Waals surface area contributed by atoms with E-state index >= 15 is 0 Å². The Kier molecular flexibility index (Phi) is 11.3. The fourth-order valence-corrected chi connectivity index (χ4v) is 3.56. The highest BCUT2D eigenvalue weighted by Gasteiger charge is 2.55. The molecule has 17 heteroatoms. The van der Waals surface area contributed by atoms with E-state index in [2.05, 4.69) is 5.32 Å². The van der Waals surface area contributed by atoms with E-state index in [-0.39, 0.29) is 13.0 Å². The molecular weight excluding hydrogens is 613 g/mol. The summed E-state index contributed by atoms with van der Waals surface area (Å²) in [4.78, 5) is 25.2. The first-order chi connectivity index (χ1) is 16.4. The highest BCUT2D eigenvalue weighted by Crippen LogP contribution is 2.36. The molecule has 2 aliphatic heterocycles. The van der Waals surface area contributed by atoms with Crippen LogP contribution in [0.3, 0.4) is 0 Å². The Labute approximate surface area is 237 Å². The third kappa shape index (κ3) is 9.83. The number of esters is 1. The number of ether oxygens (including phenoxy) is 6. The van der Waals surface area contributed by atoms with Crippen molar-refractivity contribution in [3.8, 4) is 0 Å². The summed E-state index contributed by atoms with van der Waals surface area (Å²) in [6, 6.07) is -1.38. The Balaban J connectivity index is 2.39. The van der Waals surface area contributed by atoms with Gasteiger partial charge in [0.1, 0.15) is 24.9 Å². The molecule has 11 nitrogen and oxygen atoms in total. The number of fused-ring (bicyclic) bond motifs is 1. The van der Waals surface area contributed by atoms with Gasteiger partial charge in [-0.3, -0.25) is 10.2 Å². The van der Waals surface area contributed by atoms with Crippen LogP contribution >= 0.6 is 69.6 Å². The fourth-order valence-electron chi connectivity index (χ4n) is 3.26. The lowest BCUT2D eigenvalue weighted by molar-refractivity contribution is -0.363. The van der Waals surface area contributed by atoms with Gasteiger partial charge in [0.2, 0.25) is 16.0 Å². The number of aliphatic hydroxyl groups excluding tert-OH is 1. The van der Waals surface area contributed by atoms with Gasteiger partial charge >= 0.3 is 12.1 Å². The van der Waals surface area contributed by atoms with Crippen LogP contribution in [-0.4, -0.2) is 86.4 Å². The van der Waals surface area contributed by atoms with Gasteiger partial charge in [0.05, 0.1) is 19.1 Å². The van der Waals surface area contributed by atoms with Crippen molar-refractivity contribution in [2.75, 3.05) is 13.2 Å². The summed E-state index contributed by atoms with van der Waals surface area (Å²) >= 11 is 34.1.